The number of fused-ring (bicyclic) bond motifs is 4. The lowest BCUT2D eigenvalue weighted by Gasteiger charge is -2.21. The molecule has 8 rings (SSSR count). The van der Waals surface area contributed by atoms with Crippen LogP contribution in [0.15, 0.2) is 134 Å². The topological polar surface area (TPSA) is 35.9 Å². The van der Waals surface area contributed by atoms with E-state index in [1.54, 1.807) is 0 Å². The van der Waals surface area contributed by atoms with Gasteiger partial charge in [-0.05, 0) is 88.0 Å². The number of halogens is 1. The van der Waals surface area contributed by atoms with Crippen molar-refractivity contribution in [1.29, 1.82) is 0 Å². The number of hydrogen-bond acceptors (Lipinski definition) is 2. The van der Waals surface area contributed by atoms with E-state index in [-0.39, 0.29) is 28.7 Å². The summed E-state index contributed by atoms with van der Waals surface area (Å²) in [6.45, 7) is 20.3. The van der Waals surface area contributed by atoms with Gasteiger partial charge in [0.25, 0.3) is 6.33 Å². The van der Waals surface area contributed by atoms with Crippen LogP contribution in [0.1, 0.15) is 79.0 Å². The Bertz CT molecular complexity index is 2660. The first-order chi connectivity index (χ1) is 25.2. The van der Waals surface area contributed by atoms with Crippen molar-refractivity contribution in [2.45, 2.75) is 78.6 Å². The fraction of sp³-hybridized carbons (Fsp3) is 0.250. The van der Waals surface area contributed by atoms with Crippen molar-refractivity contribution in [2.75, 3.05) is 0 Å². The van der Waals surface area contributed by atoms with Gasteiger partial charge in [0.15, 0.2) is 11.0 Å². The van der Waals surface area contributed by atoms with Gasteiger partial charge in [0.2, 0.25) is 0 Å². The Morgan fingerprint density at radius 2 is 1.22 bits per heavy atom. The summed E-state index contributed by atoms with van der Waals surface area (Å²) in [6.07, 6.45) is 4.15. The Labute approximate surface area is 325 Å². The summed E-state index contributed by atoms with van der Waals surface area (Å²) in [6, 6.07) is 43.3. The van der Waals surface area contributed by atoms with E-state index in [1.165, 1.54) is 33.2 Å². The summed E-state index contributed by atoms with van der Waals surface area (Å²) in [5.74, 6) is 2.47. The highest BCUT2D eigenvalue weighted by Gasteiger charge is 2.27. The largest absolute Gasteiger partial charge is 1.00 e. The number of pyridine rings is 1. The van der Waals surface area contributed by atoms with Crippen LogP contribution in [-0.4, -0.2) is 14.1 Å². The summed E-state index contributed by atoms with van der Waals surface area (Å²) >= 11 is 0. The second kappa shape index (κ2) is 13.5. The van der Waals surface area contributed by atoms with Gasteiger partial charge in [0.05, 0.1) is 11.0 Å². The number of para-hydroxylation sites is 4. The minimum Gasteiger partial charge on any atom is -1.00 e. The van der Waals surface area contributed by atoms with E-state index < -0.39 is 0 Å². The number of nitrogens with zero attached hydrogens (tertiary/aromatic N) is 4. The van der Waals surface area contributed by atoms with Crippen LogP contribution in [0, 0.1) is 0 Å². The lowest BCUT2D eigenvalue weighted by atomic mass is 9.86. The molecule has 0 aliphatic carbocycles. The quantitative estimate of drug-likeness (QED) is 0.166. The predicted octanol–water partition coefficient (Wildman–Crippen LogP) is 9.09. The summed E-state index contributed by atoms with van der Waals surface area (Å²) in [4.78, 5) is 4.88. The third-order valence-electron chi connectivity index (χ3n) is 10.4. The van der Waals surface area contributed by atoms with Crippen molar-refractivity contribution in [3.8, 4) is 28.7 Å². The molecule has 0 atom stereocenters. The van der Waals surface area contributed by atoms with E-state index >= 15 is 0 Å². The van der Waals surface area contributed by atoms with Crippen molar-refractivity contribution >= 4 is 32.8 Å². The van der Waals surface area contributed by atoms with Gasteiger partial charge in [-0.25, -0.2) is 4.98 Å². The molecule has 274 valence electrons. The Kier molecular flexibility index (Phi) is 9.22. The van der Waals surface area contributed by atoms with Gasteiger partial charge in [-0.1, -0.05) is 111 Å². The molecule has 0 aliphatic heterocycles. The van der Waals surface area contributed by atoms with E-state index in [1.807, 2.05) is 6.20 Å². The standard InChI is InChI=1S/C48H49N4O.ClH/c1-46(2,3)32-24-25-49-45(28-32)52-40-18-12-10-16-37(40)38-23-22-35(30-44(38)52)53-36-27-33(47(4,5)6)26-34(29-36)50-31-51(43-21-15-14-20-42(43)50)41-19-13-11-17-39(41)48(7,8)9;/h10-31H,1-9H3;1H/q+1;/p-1. The molecule has 0 bridgehead atoms. The zero-order valence-corrected chi connectivity index (χ0v) is 33.5. The highest BCUT2D eigenvalue weighted by Crippen LogP contribution is 2.37. The average Bonchev–Trinajstić information content (AvgIpc) is 3.67. The van der Waals surface area contributed by atoms with Crippen LogP contribution in [-0.2, 0) is 16.2 Å². The molecule has 0 saturated heterocycles. The van der Waals surface area contributed by atoms with Crippen LogP contribution in [0.5, 0.6) is 11.5 Å². The SMILES string of the molecule is CC(C)(C)c1cc(Oc2ccc3c4ccccc4n(-c4cc(C(C)(C)C)ccn4)c3c2)cc(-[n+]2cn(-c3ccccc3C(C)(C)C)c3ccccc32)c1.[Cl-]. The van der Waals surface area contributed by atoms with Crippen LogP contribution in [0.2, 0.25) is 0 Å². The molecule has 0 aliphatic rings. The fourth-order valence-electron chi connectivity index (χ4n) is 7.45. The van der Waals surface area contributed by atoms with Gasteiger partial charge in [0.1, 0.15) is 28.7 Å². The monoisotopic (exact) mass is 732 g/mol. The normalized spacial score (nSPS) is 12.4. The minimum absolute atomic E-state index is 0. The first-order valence-corrected chi connectivity index (χ1v) is 18.6. The number of ether oxygens (including phenoxy) is 1. The summed E-state index contributed by atoms with van der Waals surface area (Å²) in [7, 11) is 0. The maximum atomic E-state index is 6.86. The van der Waals surface area contributed by atoms with Gasteiger partial charge in [0, 0.05) is 34.7 Å². The van der Waals surface area contributed by atoms with Crippen LogP contribution < -0.4 is 21.7 Å². The summed E-state index contributed by atoms with van der Waals surface area (Å²) in [5, 5.41) is 2.36. The molecule has 0 saturated carbocycles. The zero-order chi connectivity index (χ0) is 37.3. The van der Waals surface area contributed by atoms with Crippen molar-refractivity contribution in [2.24, 2.45) is 0 Å². The molecule has 3 heterocycles. The maximum Gasteiger partial charge on any atom is 0.255 e. The zero-order valence-electron chi connectivity index (χ0n) is 32.8. The predicted molar refractivity (Wildman–Crippen MR) is 220 cm³/mol. The van der Waals surface area contributed by atoms with Gasteiger partial charge >= 0.3 is 0 Å². The molecule has 8 aromatic rings. The van der Waals surface area contributed by atoms with Crippen molar-refractivity contribution in [3.05, 3.63) is 151 Å². The van der Waals surface area contributed by atoms with Gasteiger partial charge in [-0.3, -0.25) is 4.57 Å². The number of hydrogen-bond donors (Lipinski definition) is 0. The Balaban J connectivity index is 0.00000450. The second-order valence-electron chi connectivity index (χ2n) is 17.4. The Hall–Kier alpha value is -5.39. The van der Waals surface area contributed by atoms with Crippen LogP contribution >= 0.6 is 0 Å². The number of rotatable bonds is 5. The molecule has 3 aromatic heterocycles. The first-order valence-electron chi connectivity index (χ1n) is 18.6. The smallest absolute Gasteiger partial charge is 0.255 e. The van der Waals surface area contributed by atoms with Crippen LogP contribution in [0.3, 0.4) is 0 Å². The molecular weight excluding hydrogens is 684 g/mol. The molecule has 5 nitrogen and oxygen atoms in total. The molecule has 0 N–H and O–H groups in total. The summed E-state index contributed by atoms with van der Waals surface area (Å²) in [5.41, 5.74) is 10.3. The highest BCUT2D eigenvalue weighted by molar-refractivity contribution is 6.09. The maximum absolute atomic E-state index is 6.86. The van der Waals surface area contributed by atoms with Crippen molar-refractivity contribution in [1.82, 2.24) is 14.1 Å². The van der Waals surface area contributed by atoms with Crippen LogP contribution in [0.25, 0.3) is 50.0 Å². The fourth-order valence-corrected chi connectivity index (χ4v) is 7.45. The molecular formula is C48H49ClN4O. The van der Waals surface area contributed by atoms with Gasteiger partial charge < -0.3 is 17.1 Å². The van der Waals surface area contributed by atoms with Crippen LogP contribution in [0.4, 0.5) is 0 Å². The van der Waals surface area contributed by atoms with E-state index in [2.05, 4.69) is 204 Å². The molecule has 0 amide bonds. The van der Waals surface area contributed by atoms with E-state index in [0.717, 1.165) is 45.1 Å². The molecule has 0 radical (unpaired) electrons. The molecule has 5 aromatic carbocycles. The average molecular weight is 733 g/mol. The third kappa shape index (κ3) is 6.67. The van der Waals surface area contributed by atoms with E-state index in [0.29, 0.717) is 0 Å². The van der Waals surface area contributed by atoms with Crippen molar-refractivity contribution < 1.29 is 21.7 Å². The van der Waals surface area contributed by atoms with E-state index in [4.69, 9.17) is 9.72 Å². The molecule has 0 fully saturated rings. The minimum atomic E-state index is -0.105. The molecule has 0 unspecified atom stereocenters. The molecule has 54 heavy (non-hydrogen) atoms. The van der Waals surface area contributed by atoms with Crippen molar-refractivity contribution in [3.63, 3.8) is 0 Å². The van der Waals surface area contributed by atoms with Gasteiger partial charge in [-0.2, -0.15) is 9.13 Å². The number of imidazole rings is 1. The number of aromatic nitrogens is 4. The Morgan fingerprint density at radius 1 is 0.556 bits per heavy atom. The van der Waals surface area contributed by atoms with E-state index in [9.17, 15) is 0 Å². The lowest BCUT2D eigenvalue weighted by molar-refractivity contribution is -0.567. The molecule has 0 spiro atoms. The van der Waals surface area contributed by atoms with Gasteiger partial charge in [-0.15, -0.1) is 0 Å². The number of benzene rings is 5. The first kappa shape index (κ1) is 36.9. The highest BCUT2D eigenvalue weighted by atomic mass is 35.5. The second-order valence-corrected chi connectivity index (χ2v) is 17.4. The third-order valence-corrected chi connectivity index (χ3v) is 10.4. The molecule has 6 heteroatoms. The summed E-state index contributed by atoms with van der Waals surface area (Å²) < 4.78 is 13.8. The Morgan fingerprint density at radius 3 is 1.96 bits per heavy atom. The lowest BCUT2D eigenvalue weighted by Crippen LogP contribution is -3.00.